The molecule has 0 aliphatic carbocycles. The summed E-state index contributed by atoms with van der Waals surface area (Å²) >= 11 is 0. The maximum absolute atomic E-state index is 12.4. The highest BCUT2D eigenvalue weighted by molar-refractivity contribution is 8.76. The lowest BCUT2D eigenvalue weighted by molar-refractivity contribution is -0.684. The van der Waals surface area contributed by atoms with Gasteiger partial charge in [0, 0.05) is 80.5 Å². The lowest BCUT2D eigenvalue weighted by Gasteiger charge is -2.31. The number of pyridine rings is 1. The van der Waals surface area contributed by atoms with E-state index >= 15 is 0 Å². The zero-order valence-electron chi connectivity index (χ0n) is 31.7. The number of carbonyl (C=O) groups excluding carboxylic acids is 2. The van der Waals surface area contributed by atoms with Crippen LogP contribution >= 0.6 is 21.6 Å². The van der Waals surface area contributed by atoms with Crippen LogP contribution in [0.4, 0.5) is 11.4 Å². The molecule has 0 bridgehead atoms. The summed E-state index contributed by atoms with van der Waals surface area (Å²) in [5.41, 5.74) is 6.71. The number of rotatable bonds is 19. The topological polar surface area (TPSA) is 101 Å². The largest absolute Gasteiger partial charge is 0.393 e. The van der Waals surface area contributed by atoms with Crippen LogP contribution in [-0.4, -0.2) is 86.6 Å². The summed E-state index contributed by atoms with van der Waals surface area (Å²) in [6.07, 6.45) is 22.6. The highest BCUT2D eigenvalue weighted by atomic mass is 33.1. The summed E-state index contributed by atoms with van der Waals surface area (Å²) in [5.74, 6) is 1.40. The molecule has 9 nitrogen and oxygen atoms in total. The number of nitrogens with one attached hydrogen (secondary N) is 2. The maximum Gasteiger partial charge on any atom is 0.286 e. The average molecular weight is 780 g/mol. The van der Waals surface area contributed by atoms with E-state index in [1.54, 1.807) is 33.9 Å². The predicted octanol–water partition coefficient (Wildman–Crippen LogP) is 6.61. The van der Waals surface area contributed by atoms with Crippen LogP contribution in [0.25, 0.3) is 18.2 Å². The molecule has 1 aromatic heterocycles. The molecule has 55 heavy (non-hydrogen) atoms. The Balaban J connectivity index is 0.879. The number of hydrogen-bond donors (Lipinski definition) is 3. The first-order valence-electron chi connectivity index (χ1n) is 19.3. The number of hydrogen-bond acceptors (Lipinski definition) is 8. The van der Waals surface area contributed by atoms with Crippen molar-refractivity contribution in [3.63, 3.8) is 0 Å². The molecular formula is C44H55N6O3S2+. The number of aliphatic imine (C=N–C) groups is 1. The summed E-state index contributed by atoms with van der Waals surface area (Å²) in [6, 6.07) is 21.2. The second-order valence-corrected chi connectivity index (χ2v) is 16.3. The Morgan fingerprint density at radius 2 is 1.31 bits per heavy atom. The van der Waals surface area contributed by atoms with Gasteiger partial charge in [0.15, 0.2) is 12.4 Å². The zero-order valence-corrected chi connectivity index (χ0v) is 33.4. The monoisotopic (exact) mass is 779 g/mol. The molecule has 2 aromatic carbocycles. The van der Waals surface area contributed by atoms with Gasteiger partial charge in [-0.05, 0) is 84.7 Å². The van der Waals surface area contributed by atoms with Crippen LogP contribution in [0.15, 0.2) is 108 Å². The molecule has 2 aliphatic rings. The Labute approximate surface area is 334 Å². The lowest BCUT2D eigenvalue weighted by Crippen LogP contribution is -2.42. The number of benzene rings is 2. The summed E-state index contributed by atoms with van der Waals surface area (Å²) in [6.45, 7) is 9.42. The van der Waals surface area contributed by atoms with Crippen molar-refractivity contribution in [3.8, 4) is 0 Å². The zero-order chi connectivity index (χ0) is 38.5. The fraction of sp³-hybridized carbons (Fsp3) is 0.364. The van der Waals surface area contributed by atoms with Crippen molar-refractivity contribution >= 4 is 69.2 Å². The number of aliphatic hydroxyl groups excluding tert-OH is 1. The Hall–Kier alpha value is -4.58. The molecule has 3 heterocycles. The van der Waals surface area contributed by atoms with Gasteiger partial charge in [-0.3, -0.25) is 14.6 Å². The van der Waals surface area contributed by atoms with Crippen molar-refractivity contribution in [2.45, 2.75) is 44.8 Å². The number of carbonyl (C=O) groups is 2. The van der Waals surface area contributed by atoms with Crippen LogP contribution in [0.3, 0.4) is 0 Å². The molecule has 2 aliphatic heterocycles. The van der Waals surface area contributed by atoms with Crippen molar-refractivity contribution in [2.75, 3.05) is 67.1 Å². The molecule has 0 saturated carbocycles. The van der Waals surface area contributed by atoms with Gasteiger partial charge in [-0.2, -0.15) is 4.57 Å². The first-order chi connectivity index (χ1) is 26.9. The second-order valence-electron chi connectivity index (χ2n) is 13.6. The van der Waals surface area contributed by atoms with Crippen LogP contribution in [0.2, 0.25) is 0 Å². The van der Waals surface area contributed by atoms with E-state index in [0.29, 0.717) is 13.1 Å². The number of aliphatic hydroxyl groups is 1. The normalized spacial score (nSPS) is 15.6. The van der Waals surface area contributed by atoms with Gasteiger partial charge in [-0.1, -0.05) is 82.8 Å². The van der Waals surface area contributed by atoms with Gasteiger partial charge in [0.1, 0.15) is 6.54 Å². The van der Waals surface area contributed by atoms with Gasteiger partial charge in [0.2, 0.25) is 12.5 Å². The van der Waals surface area contributed by atoms with Crippen molar-refractivity contribution in [1.82, 2.24) is 10.6 Å². The third kappa shape index (κ3) is 15.2. The fourth-order valence-corrected chi connectivity index (χ4v) is 8.08. The van der Waals surface area contributed by atoms with E-state index < -0.39 is 0 Å². The van der Waals surface area contributed by atoms with Gasteiger partial charge in [0.25, 0.3) is 5.91 Å². The molecular weight excluding hydrogens is 725 g/mol. The van der Waals surface area contributed by atoms with E-state index in [9.17, 15) is 14.7 Å². The molecule has 0 unspecified atom stereocenters. The summed E-state index contributed by atoms with van der Waals surface area (Å²) in [7, 11) is 3.34. The molecule has 3 N–H and O–H groups in total. The van der Waals surface area contributed by atoms with Crippen LogP contribution in [0.1, 0.15) is 48.8 Å². The standard InChI is InChI=1S/C44H54N6O3S2/c1-2-36(6-7-37-12-16-41(17-13-37)50-30-21-42(51)22-31-50)18-23-45-34-43(52)46-24-32-54-55-33-25-47-44(53)35-48-28-19-39(20-29-48)9-8-38-10-14-40(15-11-38)49-26-4-3-5-27-49/h2,6-20,23,28-29,42,51H,1,3-5,21-22,24-27,30-35H2,(H-,46,47,52,53)/p+1/b7-6+,36-18+,45-23?. The third-order valence-electron chi connectivity index (χ3n) is 9.46. The Bertz CT molecular complexity index is 1760. The SMILES string of the molecule is C=CC(/C=C/c1ccc(N2CCC(O)CC2)cc1)=C\C=NCC(=O)NCCSSCCNC(=O)C[n+]1ccc(/C=C/c2ccc(N3CCCCC3)cc2)cc1. The van der Waals surface area contributed by atoms with Gasteiger partial charge in [0.05, 0.1) is 6.10 Å². The summed E-state index contributed by atoms with van der Waals surface area (Å²) in [5, 5.41) is 15.6. The molecule has 5 rings (SSSR count). The van der Waals surface area contributed by atoms with E-state index in [2.05, 4.69) is 92.7 Å². The second kappa shape index (κ2) is 23.4. The molecule has 2 fully saturated rings. The maximum atomic E-state index is 12.4. The van der Waals surface area contributed by atoms with E-state index in [4.69, 9.17) is 0 Å². The molecule has 2 amide bonds. The van der Waals surface area contributed by atoms with Gasteiger partial charge in [-0.15, -0.1) is 0 Å². The van der Waals surface area contributed by atoms with Crippen LogP contribution < -0.4 is 25.0 Å². The molecule has 3 aromatic rings. The molecule has 290 valence electrons. The van der Waals surface area contributed by atoms with E-state index in [1.807, 2.05) is 47.3 Å². The highest BCUT2D eigenvalue weighted by Gasteiger charge is 2.17. The highest BCUT2D eigenvalue weighted by Crippen LogP contribution is 2.23. The Morgan fingerprint density at radius 3 is 1.91 bits per heavy atom. The summed E-state index contributed by atoms with van der Waals surface area (Å²) < 4.78 is 1.88. The molecule has 11 heteroatoms. The minimum atomic E-state index is -0.178. The summed E-state index contributed by atoms with van der Waals surface area (Å²) in [4.78, 5) is 33.6. The molecule has 0 radical (unpaired) electrons. The van der Waals surface area contributed by atoms with Gasteiger partial charge in [-0.25, -0.2) is 0 Å². The predicted molar refractivity (Wildman–Crippen MR) is 234 cm³/mol. The van der Waals surface area contributed by atoms with Crippen LogP contribution in [0.5, 0.6) is 0 Å². The minimum Gasteiger partial charge on any atom is -0.393 e. The van der Waals surface area contributed by atoms with E-state index in [0.717, 1.165) is 67.2 Å². The van der Waals surface area contributed by atoms with Gasteiger partial charge >= 0.3 is 0 Å². The Morgan fingerprint density at radius 1 is 0.764 bits per heavy atom. The Kier molecular flexibility index (Phi) is 17.7. The van der Waals surface area contributed by atoms with Crippen LogP contribution in [0, 0.1) is 0 Å². The van der Waals surface area contributed by atoms with Crippen molar-refractivity contribution in [3.05, 3.63) is 120 Å². The number of anilines is 2. The van der Waals surface area contributed by atoms with Crippen molar-refractivity contribution < 1.29 is 19.3 Å². The number of aromatic nitrogens is 1. The van der Waals surface area contributed by atoms with Crippen LogP contribution in [-0.2, 0) is 16.1 Å². The number of amides is 2. The number of nitrogens with zero attached hydrogens (tertiary/aromatic N) is 4. The number of piperidine rings is 2. The third-order valence-corrected chi connectivity index (χ3v) is 11.9. The molecule has 2 saturated heterocycles. The van der Waals surface area contributed by atoms with E-state index in [1.165, 1.54) is 36.2 Å². The smallest absolute Gasteiger partial charge is 0.286 e. The minimum absolute atomic E-state index is 0.0205. The van der Waals surface area contributed by atoms with Crippen molar-refractivity contribution in [2.24, 2.45) is 4.99 Å². The fourth-order valence-electron chi connectivity index (χ4n) is 6.26. The van der Waals surface area contributed by atoms with Gasteiger partial charge < -0.3 is 25.5 Å². The lowest BCUT2D eigenvalue weighted by atomic mass is 10.1. The van der Waals surface area contributed by atoms with Crippen molar-refractivity contribution in [1.29, 1.82) is 0 Å². The quantitative estimate of drug-likeness (QED) is 0.0415. The van der Waals surface area contributed by atoms with E-state index in [-0.39, 0.29) is 31.0 Å². The molecule has 0 spiro atoms. The average Bonchev–Trinajstić information content (AvgIpc) is 3.22. The first kappa shape index (κ1) is 41.6. The number of allylic oxidation sites excluding steroid dienone is 4. The molecule has 0 atom stereocenters. The first-order valence-corrected chi connectivity index (χ1v) is 21.8.